The Hall–Kier alpha value is -1.62. The van der Waals surface area contributed by atoms with Crippen LogP contribution in [0.15, 0.2) is 12.1 Å². The molecule has 0 bridgehead atoms. The van der Waals surface area contributed by atoms with Crippen molar-refractivity contribution >= 4 is 11.4 Å². The zero-order valence-electron chi connectivity index (χ0n) is 12.4. The van der Waals surface area contributed by atoms with E-state index in [1.807, 2.05) is 6.07 Å². The second-order valence-corrected chi connectivity index (χ2v) is 6.08. The van der Waals surface area contributed by atoms with Crippen molar-refractivity contribution in [3.05, 3.63) is 12.1 Å². The van der Waals surface area contributed by atoms with E-state index in [0.29, 0.717) is 36.9 Å². The highest BCUT2D eigenvalue weighted by atomic mass is 16.6. The van der Waals surface area contributed by atoms with E-state index in [2.05, 4.69) is 5.32 Å². The molecular weight excluding hydrogens is 268 g/mol. The molecule has 116 valence electrons. The summed E-state index contributed by atoms with van der Waals surface area (Å²) >= 11 is 0. The topological polar surface area (TPSA) is 76.7 Å². The standard InChI is InChI=1S/C16H24N2O3/c17-12-9-14-15(21-8-7-20-14)10-13(12)18-11-16(19)5-3-1-2-4-6-16/h9-10,18-19H,1-8,11,17H2. The van der Waals surface area contributed by atoms with E-state index < -0.39 is 5.60 Å². The van der Waals surface area contributed by atoms with Gasteiger partial charge in [0.15, 0.2) is 11.5 Å². The first-order chi connectivity index (χ1) is 10.2. The van der Waals surface area contributed by atoms with Crippen LogP contribution in [0.4, 0.5) is 11.4 Å². The number of ether oxygens (including phenoxy) is 2. The number of aliphatic hydroxyl groups is 1. The Morgan fingerprint density at radius 2 is 1.67 bits per heavy atom. The minimum Gasteiger partial charge on any atom is -0.486 e. The van der Waals surface area contributed by atoms with Gasteiger partial charge in [0.2, 0.25) is 0 Å². The molecule has 1 fully saturated rings. The molecule has 1 aromatic rings. The van der Waals surface area contributed by atoms with E-state index in [1.54, 1.807) is 6.07 Å². The predicted molar refractivity (Wildman–Crippen MR) is 83.0 cm³/mol. The van der Waals surface area contributed by atoms with Gasteiger partial charge in [-0.3, -0.25) is 0 Å². The Bertz CT molecular complexity index is 497. The molecule has 0 saturated heterocycles. The summed E-state index contributed by atoms with van der Waals surface area (Å²) in [5, 5.41) is 14.0. The molecule has 1 heterocycles. The van der Waals surface area contributed by atoms with Gasteiger partial charge in [-0.25, -0.2) is 0 Å². The molecule has 1 aliphatic heterocycles. The number of hydrogen-bond acceptors (Lipinski definition) is 5. The summed E-state index contributed by atoms with van der Waals surface area (Å²) in [4.78, 5) is 0. The number of fused-ring (bicyclic) bond motifs is 1. The molecule has 1 aromatic carbocycles. The number of benzene rings is 1. The number of nitrogen functional groups attached to an aromatic ring is 1. The Labute approximate surface area is 125 Å². The van der Waals surface area contributed by atoms with Crippen molar-refractivity contribution < 1.29 is 14.6 Å². The lowest BCUT2D eigenvalue weighted by atomic mass is 9.94. The third-order valence-corrected chi connectivity index (χ3v) is 4.36. The van der Waals surface area contributed by atoms with Crippen molar-refractivity contribution in [2.75, 3.05) is 30.8 Å². The van der Waals surface area contributed by atoms with Crippen LogP contribution in [0.5, 0.6) is 11.5 Å². The van der Waals surface area contributed by atoms with Crippen molar-refractivity contribution in [3.63, 3.8) is 0 Å². The molecule has 1 aliphatic carbocycles. The summed E-state index contributed by atoms with van der Waals surface area (Å²) in [6.07, 6.45) is 6.32. The van der Waals surface area contributed by atoms with Crippen molar-refractivity contribution in [2.45, 2.75) is 44.1 Å². The minimum atomic E-state index is -0.629. The van der Waals surface area contributed by atoms with Crippen LogP contribution in [0.25, 0.3) is 0 Å². The van der Waals surface area contributed by atoms with Crippen molar-refractivity contribution in [1.29, 1.82) is 0 Å². The van der Waals surface area contributed by atoms with Gasteiger partial charge in [0.05, 0.1) is 17.0 Å². The fourth-order valence-electron chi connectivity index (χ4n) is 3.08. The van der Waals surface area contributed by atoms with Gasteiger partial charge in [-0.1, -0.05) is 25.7 Å². The van der Waals surface area contributed by atoms with E-state index in [9.17, 15) is 5.11 Å². The zero-order chi connectivity index (χ0) is 14.7. The Kier molecular flexibility index (Phi) is 4.10. The van der Waals surface area contributed by atoms with Crippen LogP contribution >= 0.6 is 0 Å². The highest BCUT2D eigenvalue weighted by molar-refractivity contribution is 5.72. The van der Waals surface area contributed by atoms with E-state index in [1.165, 1.54) is 12.8 Å². The number of hydrogen-bond donors (Lipinski definition) is 3. The summed E-state index contributed by atoms with van der Waals surface area (Å²) in [5.41, 5.74) is 6.85. The van der Waals surface area contributed by atoms with Crippen LogP contribution in [0.2, 0.25) is 0 Å². The molecule has 0 radical (unpaired) electrons. The lowest BCUT2D eigenvalue weighted by Crippen LogP contribution is -2.36. The maximum absolute atomic E-state index is 10.7. The van der Waals surface area contributed by atoms with E-state index in [-0.39, 0.29) is 0 Å². The number of nitrogens with one attached hydrogen (secondary N) is 1. The first-order valence-corrected chi connectivity index (χ1v) is 7.82. The molecule has 1 saturated carbocycles. The van der Waals surface area contributed by atoms with Crippen LogP contribution in [-0.4, -0.2) is 30.5 Å². The number of rotatable bonds is 3. The molecule has 3 rings (SSSR count). The summed E-state index contributed by atoms with van der Waals surface area (Å²) < 4.78 is 11.1. The molecule has 5 heteroatoms. The molecule has 5 nitrogen and oxygen atoms in total. The third-order valence-electron chi connectivity index (χ3n) is 4.36. The largest absolute Gasteiger partial charge is 0.486 e. The van der Waals surface area contributed by atoms with Gasteiger partial charge < -0.3 is 25.6 Å². The summed E-state index contributed by atoms with van der Waals surface area (Å²) in [6.45, 7) is 1.64. The van der Waals surface area contributed by atoms with E-state index in [4.69, 9.17) is 15.2 Å². The van der Waals surface area contributed by atoms with Gasteiger partial charge in [0.1, 0.15) is 13.2 Å². The van der Waals surface area contributed by atoms with Crippen molar-refractivity contribution in [3.8, 4) is 11.5 Å². The second-order valence-electron chi connectivity index (χ2n) is 6.08. The Morgan fingerprint density at radius 1 is 1.05 bits per heavy atom. The molecule has 21 heavy (non-hydrogen) atoms. The second kappa shape index (κ2) is 6.02. The summed E-state index contributed by atoms with van der Waals surface area (Å²) in [6, 6.07) is 3.65. The van der Waals surface area contributed by atoms with Gasteiger partial charge >= 0.3 is 0 Å². The Balaban J connectivity index is 1.69. The highest BCUT2D eigenvalue weighted by Gasteiger charge is 2.28. The Morgan fingerprint density at radius 3 is 2.33 bits per heavy atom. The SMILES string of the molecule is Nc1cc2c(cc1NCC1(O)CCCCCC1)OCCO2. The van der Waals surface area contributed by atoms with Gasteiger partial charge in [-0.15, -0.1) is 0 Å². The molecule has 2 aliphatic rings. The number of nitrogens with two attached hydrogens (primary N) is 1. The van der Waals surface area contributed by atoms with E-state index >= 15 is 0 Å². The molecule has 0 atom stereocenters. The maximum Gasteiger partial charge on any atom is 0.163 e. The van der Waals surface area contributed by atoms with Crippen LogP contribution in [0.1, 0.15) is 38.5 Å². The molecule has 0 aromatic heterocycles. The van der Waals surface area contributed by atoms with Crippen LogP contribution < -0.4 is 20.5 Å². The quantitative estimate of drug-likeness (QED) is 0.589. The summed E-state index contributed by atoms with van der Waals surface area (Å²) in [7, 11) is 0. The normalized spacial score (nSPS) is 20.6. The number of anilines is 2. The molecule has 0 unspecified atom stereocenters. The monoisotopic (exact) mass is 292 g/mol. The molecule has 0 amide bonds. The minimum absolute atomic E-state index is 0.525. The fraction of sp³-hybridized carbons (Fsp3) is 0.625. The van der Waals surface area contributed by atoms with Crippen LogP contribution in [0, 0.1) is 0 Å². The first-order valence-electron chi connectivity index (χ1n) is 7.82. The summed E-state index contributed by atoms with van der Waals surface area (Å²) in [5.74, 6) is 1.41. The molecule has 0 spiro atoms. The third kappa shape index (κ3) is 3.35. The van der Waals surface area contributed by atoms with Gasteiger partial charge in [0.25, 0.3) is 0 Å². The first kappa shape index (κ1) is 14.3. The maximum atomic E-state index is 10.7. The average molecular weight is 292 g/mol. The highest BCUT2D eigenvalue weighted by Crippen LogP contribution is 2.37. The van der Waals surface area contributed by atoms with Gasteiger partial charge in [-0.05, 0) is 12.8 Å². The fourth-order valence-corrected chi connectivity index (χ4v) is 3.08. The van der Waals surface area contributed by atoms with E-state index in [0.717, 1.165) is 31.4 Å². The smallest absolute Gasteiger partial charge is 0.163 e. The molecule has 4 N–H and O–H groups in total. The van der Waals surface area contributed by atoms with Crippen LogP contribution in [-0.2, 0) is 0 Å². The lowest BCUT2D eigenvalue weighted by molar-refractivity contribution is 0.0381. The predicted octanol–water partition coefficient (Wildman–Crippen LogP) is 2.54. The van der Waals surface area contributed by atoms with Gasteiger partial charge in [-0.2, -0.15) is 0 Å². The zero-order valence-corrected chi connectivity index (χ0v) is 12.4. The van der Waals surface area contributed by atoms with Gasteiger partial charge in [0, 0.05) is 18.7 Å². The van der Waals surface area contributed by atoms with Crippen molar-refractivity contribution in [2.24, 2.45) is 0 Å². The lowest BCUT2D eigenvalue weighted by Gasteiger charge is -2.28. The molecular formula is C16H24N2O3. The van der Waals surface area contributed by atoms with Crippen molar-refractivity contribution in [1.82, 2.24) is 0 Å². The van der Waals surface area contributed by atoms with Crippen LogP contribution in [0.3, 0.4) is 0 Å². The average Bonchev–Trinajstić information content (AvgIpc) is 2.70.